The summed E-state index contributed by atoms with van der Waals surface area (Å²) in [5.74, 6) is 0. The van der Waals surface area contributed by atoms with Crippen molar-refractivity contribution in [2.45, 2.75) is 45.3 Å². The van der Waals surface area contributed by atoms with Gasteiger partial charge in [-0.05, 0) is 51.3 Å². The van der Waals surface area contributed by atoms with E-state index < -0.39 is 17.7 Å². The van der Waals surface area contributed by atoms with Gasteiger partial charge in [0.2, 0.25) is 0 Å². The fourth-order valence-electron chi connectivity index (χ4n) is 1.58. The van der Waals surface area contributed by atoms with Crippen molar-refractivity contribution >= 4 is 17.7 Å². The average molecular weight is 295 g/mol. The van der Waals surface area contributed by atoms with Crippen LogP contribution in [0.15, 0.2) is 24.3 Å². The van der Waals surface area contributed by atoms with E-state index in [2.05, 4.69) is 11.4 Å². The van der Waals surface area contributed by atoms with Gasteiger partial charge < -0.3 is 10.1 Å². The van der Waals surface area contributed by atoms with E-state index in [0.29, 0.717) is 17.9 Å². The molecule has 0 fully saturated rings. The molecule has 1 rings (SSSR count). The van der Waals surface area contributed by atoms with Crippen LogP contribution < -0.4 is 5.32 Å². The second-order valence-corrected chi connectivity index (χ2v) is 5.93. The SMILES string of the molecule is CC(C)(C)OC(=O)NC(C#N)CCc1ccc(Cl)cc1. The lowest BCUT2D eigenvalue weighted by Crippen LogP contribution is -2.38. The first-order valence-corrected chi connectivity index (χ1v) is 6.81. The lowest BCUT2D eigenvalue weighted by molar-refractivity contribution is 0.0514. The molecule has 20 heavy (non-hydrogen) atoms. The Morgan fingerprint density at radius 3 is 2.50 bits per heavy atom. The molecule has 1 aromatic carbocycles. The zero-order valence-corrected chi connectivity index (χ0v) is 12.7. The lowest BCUT2D eigenvalue weighted by Gasteiger charge is -2.21. The van der Waals surface area contributed by atoms with Crippen molar-refractivity contribution in [3.63, 3.8) is 0 Å². The summed E-state index contributed by atoms with van der Waals surface area (Å²) in [6.07, 6.45) is 0.642. The zero-order valence-electron chi connectivity index (χ0n) is 11.9. The average Bonchev–Trinajstić information content (AvgIpc) is 2.34. The molecule has 0 aliphatic heterocycles. The summed E-state index contributed by atoms with van der Waals surface area (Å²) < 4.78 is 5.12. The van der Waals surface area contributed by atoms with Gasteiger partial charge in [0.15, 0.2) is 0 Å². The fraction of sp³-hybridized carbons (Fsp3) is 0.467. The Hall–Kier alpha value is -1.73. The predicted molar refractivity (Wildman–Crippen MR) is 78.5 cm³/mol. The summed E-state index contributed by atoms with van der Waals surface area (Å²) in [6, 6.07) is 8.92. The van der Waals surface area contributed by atoms with Crippen LogP contribution in [0.1, 0.15) is 32.8 Å². The topological polar surface area (TPSA) is 62.1 Å². The summed E-state index contributed by atoms with van der Waals surface area (Å²) in [7, 11) is 0. The van der Waals surface area contributed by atoms with E-state index in [1.807, 2.05) is 12.1 Å². The lowest BCUT2D eigenvalue weighted by atomic mass is 10.1. The van der Waals surface area contributed by atoms with E-state index in [9.17, 15) is 4.79 Å². The molecule has 1 atom stereocenters. The Labute approximate surface area is 124 Å². The number of nitrogens with zero attached hydrogens (tertiary/aromatic N) is 1. The van der Waals surface area contributed by atoms with Crippen molar-refractivity contribution in [1.29, 1.82) is 5.26 Å². The van der Waals surface area contributed by atoms with Crippen LogP contribution in [0.2, 0.25) is 5.02 Å². The normalized spacial score (nSPS) is 12.3. The highest BCUT2D eigenvalue weighted by molar-refractivity contribution is 6.30. The number of amides is 1. The maximum absolute atomic E-state index is 11.6. The van der Waals surface area contributed by atoms with Gasteiger partial charge in [-0.1, -0.05) is 23.7 Å². The summed E-state index contributed by atoms with van der Waals surface area (Å²) >= 11 is 5.81. The highest BCUT2D eigenvalue weighted by Crippen LogP contribution is 2.12. The number of carbonyl (C=O) groups is 1. The summed E-state index contributed by atoms with van der Waals surface area (Å²) in [5.41, 5.74) is 0.501. The molecule has 0 aliphatic rings. The number of nitriles is 1. The minimum Gasteiger partial charge on any atom is -0.444 e. The van der Waals surface area contributed by atoms with E-state index >= 15 is 0 Å². The second kappa shape index (κ2) is 7.16. The minimum atomic E-state index is -0.569. The highest BCUT2D eigenvalue weighted by atomic mass is 35.5. The van der Waals surface area contributed by atoms with Crippen LogP contribution in [0.4, 0.5) is 4.79 Å². The molecule has 0 heterocycles. The van der Waals surface area contributed by atoms with E-state index in [1.165, 1.54) is 0 Å². The van der Waals surface area contributed by atoms with Crippen LogP contribution in [0.3, 0.4) is 0 Å². The summed E-state index contributed by atoms with van der Waals surface area (Å²) in [4.78, 5) is 11.6. The third-order valence-electron chi connectivity index (χ3n) is 2.48. The predicted octanol–water partition coefficient (Wildman–Crippen LogP) is 3.69. The Morgan fingerprint density at radius 2 is 2.00 bits per heavy atom. The van der Waals surface area contributed by atoms with Gasteiger partial charge >= 0.3 is 6.09 Å². The number of alkyl carbamates (subject to hydrolysis) is 1. The monoisotopic (exact) mass is 294 g/mol. The summed E-state index contributed by atoms with van der Waals surface area (Å²) in [6.45, 7) is 5.34. The number of aryl methyl sites for hydroxylation is 1. The smallest absolute Gasteiger partial charge is 0.408 e. The Bertz CT molecular complexity index is 486. The Morgan fingerprint density at radius 1 is 1.40 bits per heavy atom. The molecule has 0 spiro atoms. The second-order valence-electron chi connectivity index (χ2n) is 5.49. The van der Waals surface area contributed by atoms with Crippen molar-refractivity contribution in [2.24, 2.45) is 0 Å². The molecule has 1 unspecified atom stereocenters. The molecule has 0 bridgehead atoms. The van der Waals surface area contributed by atoms with Crippen molar-refractivity contribution in [1.82, 2.24) is 5.32 Å². The van der Waals surface area contributed by atoms with E-state index in [4.69, 9.17) is 21.6 Å². The van der Waals surface area contributed by atoms with Gasteiger partial charge in [-0.25, -0.2) is 4.79 Å². The number of halogens is 1. The van der Waals surface area contributed by atoms with Gasteiger partial charge in [-0.3, -0.25) is 0 Å². The molecule has 1 aromatic rings. The van der Waals surface area contributed by atoms with Gasteiger partial charge in [0.05, 0.1) is 6.07 Å². The maximum Gasteiger partial charge on any atom is 0.408 e. The zero-order chi connectivity index (χ0) is 15.2. The number of rotatable bonds is 4. The van der Waals surface area contributed by atoms with Crippen LogP contribution >= 0.6 is 11.6 Å². The Balaban J connectivity index is 2.46. The third-order valence-corrected chi connectivity index (χ3v) is 2.73. The minimum absolute atomic E-state index is 0.525. The van der Waals surface area contributed by atoms with Crippen molar-refractivity contribution in [2.75, 3.05) is 0 Å². The van der Waals surface area contributed by atoms with Gasteiger partial charge in [-0.15, -0.1) is 0 Å². The van der Waals surface area contributed by atoms with Gasteiger partial charge in [-0.2, -0.15) is 5.26 Å². The van der Waals surface area contributed by atoms with E-state index in [0.717, 1.165) is 5.56 Å². The molecule has 0 saturated heterocycles. The quantitative estimate of drug-likeness (QED) is 0.921. The third kappa shape index (κ3) is 6.44. The molecule has 0 aromatic heterocycles. The molecule has 108 valence electrons. The standard InChI is InChI=1S/C15H19ClN2O2/c1-15(2,3)20-14(19)18-13(10-17)9-6-11-4-7-12(16)8-5-11/h4-5,7-8,13H,6,9H2,1-3H3,(H,18,19). The van der Waals surface area contributed by atoms with E-state index in [-0.39, 0.29) is 0 Å². The molecule has 5 heteroatoms. The molecular formula is C15H19ClN2O2. The van der Waals surface area contributed by atoms with Gasteiger partial charge in [0.25, 0.3) is 0 Å². The van der Waals surface area contributed by atoms with Crippen molar-refractivity contribution < 1.29 is 9.53 Å². The largest absolute Gasteiger partial charge is 0.444 e. The molecule has 0 saturated carbocycles. The highest BCUT2D eigenvalue weighted by Gasteiger charge is 2.19. The molecule has 4 nitrogen and oxygen atoms in total. The van der Waals surface area contributed by atoms with Crippen molar-refractivity contribution in [3.05, 3.63) is 34.9 Å². The first-order valence-electron chi connectivity index (χ1n) is 6.44. The molecular weight excluding hydrogens is 276 g/mol. The van der Waals surface area contributed by atoms with Gasteiger partial charge in [0.1, 0.15) is 11.6 Å². The van der Waals surface area contributed by atoms with Crippen LogP contribution in [0, 0.1) is 11.3 Å². The van der Waals surface area contributed by atoms with Crippen LogP contribution in [-0.2, 0) is 11.2 Å². The number of nitrogens with one attached hydrogen (secondary N) is 1. The first kappa shape index (κ1) is 16.3. The van der Waals surface area contributed by atoms with Crippen LogP contribution in [0.25, 0.3) is 0 Å². The number of carbonyl (C=O) groups excluding carboxylic acids is 1. The number of hydrogen-bond donors (Lipinski definition) is 1. The number of benzene rings is 1. The van der Waals surface area contributed by atoms with Crippen LogP contribution in [-0.4, -0.2) is 17.7 Å². The molecule has 0 aliphatic carbocycles. The first-order chi connectivity index (χ1) is 9.30. The Kier molecular flexibility index (Phi) is 5.84. The molecule has 1 N–H and O–H groups in total. The summed E-state index contributed by atoms with van der Waals surface area (Å²) in [5, 5.41) is 12.3. The number of hydrogen-bond acceptors (Lipinski definition) is 3. The van der Waals surface area contributed by atoms with E-state index in [1.54, 1.807) is 32.9 Å². The molecule has 0 radical (unpaired) electrons. The fourth-order valence-corrected chi connectivity index (χ4v) is 1.71. The van der Waals surface area contributed by atoms with Crippen molar-refractivity contribution in [3.8, 4) is 6.07 Å². The van der Waals surface area contributed by atoms with Crippen LogP contribution in [0.5, 0.6) is 0 Å². The molecule has 1 amide bonds. The van der Waals surface area contributed by atoms with Gasteiger partial charge in [0, 0.05) is 5.02 Å². The number of ether oxygens (including phenoxy) is 1. The maximum atomic E-state index is 11.6.